The number of piperidine rings is 1. The van der Waals surface area contributed by atoms with E-state index in [4.69, 9.17) is 9.73 Å². The molecular weight excluding hydrogens is 489 g/mol. The summed E-state index contributed by atoms with van der Waals surface area (Å²) in [5, 5.41) is 3.49. The average molecular weight is 525 g/mol. The molecule has 1 saturated heterocycles. The van der Waals surface area contributed by atoms with Gasteiger partial charge in [-0.1, -0.05) is 38.1 Å². The van der Waals surface area contributed by atoms with Crippen LogP contribution in [0.25, 0.3) is 0 Å². The second-order valence-corrected chi connectivity index (χ2v) is 7.78. The summed E-state index contributed by atoms with van der Waals surface area (Å²) in [6, 6.07) is 8.88. The van der Waals surface area contributed by atoms with Crippen molar-refractivity contribution in [1.82, 2.24) is 19.8 Å². The molecule has 0 bridgehead atoms. The first-order chi connectivity index (χ1) is 14.2. The van der Waals surface area contributed by atoms with E-state index < -0.39 is 0 Å². The van der Waals surface area contributed by atoms with E-state index in [2.05, 4.69) is 71.0 Å². The lowest BCUT2D eigenvalue weighted by Crippen LogP contribution is -2.49. The van der Waals surface area contributed by atoms with Crippen molar-refractivity contribution in [1.29, 1.82) is 0 Å². The Morgan fingerprint density at radius 3 is 2.77 bits per heavy atom. The van der Waals surface area contributed by atoms with Crippen LogP contribution in [0.15, 0.2) is 48.0 Å². The number of aliphatic imine (C=N–C) groups is 1. The zero-order valence-corrected chi connectivity index (χ0v) is 20.8. The van der Waals surface area contributed by atoms with E-state index in [1.54, 1.807) is 0 Å². The maximum absolute atomic E-state index is 5.76. The fourth-order valence-electron chi connectivity index (χ4n) is 3.86. The number of nitrogens with zero attached hydrogens (tertiary/aromatic N) is 4. The van der Waals surface area contributed by atoms with Gasteiger partial charge < -0.3 is 19.5 Å². The van der Waals surface area contributed by atoms with Crippen molar-refractivity contribution in [3.8, 4) is 0 Å². The predicted octanol–water partition coefficient (Wildman–Crippen LogP) is 4.48. The molecule has 6 nitrogen and oxygen atoms in total. The SMILES string of the molecule is CCCOCc1ccccc1CN=C(NCC)N1CCC(C)C(n2ccnc2)C1.I. The molecule has 0 radical (unpaired) electrons. The molecule has 2 aromatic rings. The summed E-state index contributed by atoms with van der Waals surface area (Å²) >= 11 is 0. The molecule has 7 heteroatoms. The van der Waals surface area contributed by atoms with E-state index in [1.807, 2.05) is 12.5 Å². The van der Waals surface area contributed by atoms with Crippen molar-refractivity contribution < 1.29 is 4.74 Å². The molecule has 1 aromatic carbocycles. The van der Waals surface area contributed by atoms with Crippen LogP contribution in [-0.2, 0) is 17.9 Å². The molecule has 0 amide bonds. The molecule has 1 N–H and O–H groups in total. The monoisotopic (exact) mass is 525 g/mol. The second kappa shape index (κ2) is 12.9. The van der Waals surface area contributed by atoms with Gasteiger partial charge in [-0.3, -0.25) is 0 Å². The van der Waals surface area contributed by atoms with Gasteiger partial charge in [-0.15, -0.1) is 24.0 Å². The number of likely N-dealkylation sites (tertiary alicyclic amines) is 1. The van der Waals surface area contributed by atoms with Gasteiger partial charge in [0.25, 0.3) is 0 Å². The Kier molecular flexibility index (Phi) is 10.6. The lowest BCUT2D eigenvalue weighted by atomic mass is 9.93. The Bertz CT molecular complexity index is 765. The van der Waals surface area contributed by atoms with Crippen molar-refractivity contribution >= 4 is 29.9 Å². The molecule has 2 heterocycles. The Balaban J connectivity index is 0.00000320. The molecule has 0 saturated carbocycles. The van der Waals surface area contributed by atoms with Crippen molar-refractivity contribution in [2.45, 2.75) is 52.8 Å². The number of hydrogen-bond acceptors (Lipinski definition) is 3. The number of hydrogen-bond donors (Lipinski definition) is 1. The summed E-state index contributed by atoms with van der Waals surface area (Å²) < 4.78 is 8.00. The summed E-state index contributed by atoms with van der Waals surface area (Å²) in [7, 11) is 0. The smallest absolute Gasteiger partial charge is 0.194 e. The van der Waals surface area contributed by atoms with Gasteiger partial charge in [0, 0.05) is 38.6 Å². The molecule has 166 valence electrons. The second-order valence-electron chi connectivity index (χ2n) is 7.78. The first kappa shape index (κ1) is 24.7. The zero-order valence-electron chi connectivity index (χ0n) is 18.5. The summed E-state index contributed by atoms with van der Waals surface area (Å²) in [4.78, 5) is 11.6. The summed E-state index contributed by atoms with van der Waals surface area (Å²) in [6.07, 6.45) is 8.05. The molecular formula is C23H36IN5O. The summed E-state index contributed by atoms with van der Waals surface area (Å²) in [5.41, 5.74) is 2.46. The molecule has 0 spiro atoms. The average Bonchev–Trinajstić information content (AvgIpc) is 3.27. The quantitative estimate of drug-likeness (QED) is 0.239. The van der Waals surface area contributed by atoms with Gasteiger partial charge in [0.05, 0.1) is 25.5 Å². The first-order valence-corrected chi connectivity index (χ1v) is 10.9. The molecule has 3 rings (SSSR count). The van der Waals surface area contributed by atoms with E-state index in [0.29, 0.717) is 25.1 Å². The van der Waals surface area contributed by atoms with E-state index in [0.717, 1.165) is 45.0 Å². The van der Waals surface area contributed by atoms with E-state index in [-0.39, 0.29) is 24.0 Å². The highest BCUT2D eigenvalue weighted by atomic mass is 127. The van der Waals surface area contributed by atoms with Crippen LogP contribution in [-0.4, -0.2) is 46.7 Å². The molecule has 1 aliphatic heterocycles. The summed E-state index contributed by atoms with van der Waals surface area (Å²) in [5.74, 6) is 1.62. The van der Waals surface area contributed by atoms with Crippen LogP contribution >= 0.6 is 24.0 Å². The fraction of sp³-hybridized carbons (Fsp3) is 0.565. The Labute approximate surface area is 198 Å². The lowest BCUT2D eigenvalue weighted by molar-refractivity contribution is 0.121. The number of guanidine groups is 1. The van der Waals surface area contributed by atoms with Gasteiger partial charge in [0.2, 0.25) is 0 Å². The molecule has 2 atom stereocenters. The van der Waals surface area contributed by atoms with E-state index in [1.165, 1.54) is 11.1 Å². The Morgan fingerprint density at radius 1 is 1.27 bits per heavy atom. The Hall–Kier alpha value is -1.61. The minimum absolute atomic E-state index is 0. The lowest BCUT2D eigenvalue weighted by Gasteiger charge is -2.39. The van der Waals surface area contributed by atoms with Crippen molar-refractivity contribution in [2.24, 2.45) is 10.9 Å². The topological polar surface area (TPSA) is 54.7 Å². The Morgan fingerprint density at radius 2 is 2.07 bits per heavy atom. The largest absolute Gasteiger partial charge is 0.377 e. The van der Waals surface area contributed by atoms with Gasteiger partial charge in [-0.25, -0.2) is 9.98 Å². The number of imidazole rings is 1. The van der Waals surface area contributed by atoms with Gasteiger partial charge in [0.1, 0.15) is 0 Å². The van der Waals surface area contributed by atoms with Crippen molar-refractivity contribution in [3.63, 3.8) is 0 Å². The molecule has 1 aromatic heterocycles. The summed E-state index contributed by atoms with van der Waals surface area (Å²) in [6.45, 7) is 11.5. The van der Waals surface area contributed by atoms with Crippen molar-refractivity contribution in [2.75, 3.05) is 26.2 Å². The van der Waals surface area contributed by atoms with Gasteiger partial charge in [-0.2, -0.15) is 0 Å². The maximum atomic E-state index is 5.76. The molecule has 2 unspecified atom stereocenters. The highest BCUT2D eigenvalue weighted by Crippen LogP contribution is 2.27. The normalized spacial score (nSPS) is 19.4. The standard InChI is InChI=1S/C23H35N5O.HI/c1-4-14-29-17-21-9-7-6-8-20(21)15-26-23(25-5-2)27-12-10-19(3)22(16-27)28-13-11-24-18-28;/h6-9,11,13,18-19,22H,4-5,10,12,14-17H2,1-3H3,(H,25,26);1H. The van der Waals surface area contributed by atoms with Gasteiger partial charge in [-0.05, 0) is 36.8 Å². The van der Waals surface area contributed by atoms with Crippen LogP contribution in [0.3, 0.4) is 0 Å². The number of aromatic nitrogens is 2. The third kappa shape index (κ3) is 6.70. The van der Waals surface area contributed by atoms with E-state index >= 15 is 0 Å². The zero-order chi connectivity index (χ0) is 20.5. The third-order valence-electron chi connectivity index (χ3n) is 5.58. The third-order valence-corrected chi connectivity index (χ3v) is 5.58. The van der Waals surface area contributed by atoms with Crippen LogP contribution in [0.2, 0.25) is 0 Å². The van der Waals surface area contributed by atoms with Crippen LogP contribution in [0.5, 0.6) is 0 Å². The number of ether oxygens (including phenoxy) is 1. The maximum Gasteiger partial charge on any atom is 0.194 e. The fourth-order valence-corrected chi connectivity index (χ4v) is 3.86. The van der Waals surface area contributed by atoms with Gasteiger partial charge >= 0.3 is 0 Å². The first-order valence-electron chi connectivity index (χ1n) is 10.9. The minimum Gasteiger partial charge on any atom is -0.377 e. The van der Waals surface area contributed by atoms with Crippen LogP contribution in [0.4, 0.5) is 0 Å². The number of rotatable bonds is 8. The minimum atomic E-state index is 0. The highest BCUT2D eigenvalue weighted by Gasteiger charge is 2.28. The molecule has 1 fully saturated rings. The van der Waals surface area contributed by atoms with E-state index in [9.17, 15) is 0 Å². The number of nitrogens with one attached hydrogen (secondary N) is 1. The van der Waals surface area contributed by atoms with Gasteiger partial charge in [0.15, 0.2) is 5.96 Å². The predicted molar refractivity (Wildman–Crippen MR) is 133 cm³/mol. The van der Waals surface area contributed by atoms with Crippen molar-refractivity contribution in [3.05, 3.63) is 54.1 Å². The molecule has 1 aliphatic rings. The highest BCUT2D eigenvalue weighted by molar-refractivity contribution is 14.0. The molecule has 30 heavy (non-hydrogen) atoms. The van der Waals surface area contributed by atoms with Crippen LogP contribution < -0.4 is 5.32 Å². The van der Waals surface area contributed by atoms with Crippen LogP contribution in [0.1, 0.15) is 50.8 Å². The molecule has 0 aliphatic carbocycles. The number of halogens is 1. The number of benzene rings is 1. The van der Waals surface area contributed by atoms with Crippen LogP contribution in [0, 0.1) is 5.92 Å².